The van der Waals surface area contributed by atoms with Crippen molar-refractivity contribution in [1.29, 1.82) is 0 Å². The van der Waals surface area contributed by atoms with Gasteiger partial charge in [-0.3, -0.25) is 4.79 Å². The van der Waals surface area contributed by atoms with Gasteiger partial charge in [-0.05, 0) is 30.7 Å². The number of piperazine rings is 1. The molecule has 0 spiro atoms. The smallest absolute Gasteiger partial charge is 0.222 e. The van der Waals surface area contributed by atoms with Crippen LogP contribution in [0.5, 0.6) is 0 Å². The zero-order valence-corrected chi connectivity index (χ0v) is 15.2. The Kier molecular flexibility index (Phi) is 6.15. The molecule has 0 saturated carbocycles. The van der Waals surface area contributed by atoms with Crippen molar-refractivity contribution >= 4 is 17.3 Å². The summed E-state index contributed by atoms with van der Waals surface area (Å²) in [4.78, 5) is 19.1. The van der Waals surface area contributed by atoms with E-state index in [2.05, 4.69) is 28.9 Å². The number of anilines is 2. The average molecular weight is 346 g/mol. The van der Waals surface area contributed by atoms with Crippen molar-refractivity contribution < 1.29 is 9.53 Å². The van der Waals surface area contributed by atoms with E-state index in [0.29, 0.717) is 6.42 Å². The molecule has 138 valence electrons. The fourth-order valence-corrected chi connectivity index (χ4v) is 3.57. The number of carbonyl (C=O) groups excluding carboxylic acids is 1. The number of ether oxygens (including phenoxy) is 1. The number of carbonyl (C=O) groups is 1. The first kappa shape index (κ1) is 18.0. The third kappa shape index (κ3) is 4.64. The number of hydrogen-bond donors (Lipinski definition) is 1. The van der Waals surface area contributed by atoms with Crippen LogP contribution in [0.4, 0.5) is 11.4 Å². The molecule has 2 heterocycles. The summed E-state index contributed by atoms with van der Waals surface area (Å²) in [5.74, 6) is 0.256. The molecule has 0 atom stereocenters. The zero-order chi connectivity index (χ0) is 17.6. The van der Waals surface area contributed by atoms with Crippen LogP contribution >= 0.6 is 0 Å². The number of amides is 1. The summed E-state index contributed by atoms with van der Waals surface area (Å²) < 4.78 is 5.39. The van der Waals surface area contributed by atoms with Gasteiger partial charge >= 0.3 is 0 Å². The van der Waals surface area contributed by atoms with Gasteiger partial charge in [0, 0.05) is 45.7 Å². The number of likely N-dealkylation sites (N-methyl/N-ethyl adjacent to an activating group) is 1. The molecule has 0 aliphatic carbocycles. The van der Waals surface area contributed by atoms with Crippen molar-refractivity contribution in [2.75, 3.05) is 69.7 Å². The van der Waals surface area contributed by atoms with E-state index in [1.54, 1.807) is 0 Å². The molecule has 0 aromatic heterocycles. The Morgan fingerprint density at radius 3 is 2.48 bits per heavy atom. The molecule has 2 N–H and O–H groups in total. The molecular formula is C19H30N4O2. The lowest BCUT2D eigenvalue weighted by Gasteiger charge is -2.34. The second-order valence-electron chi connectivity index (χ2n) is 6.81. The summed E-state index contributed by atoms with van der Waals surface area (Å²) in [6.45, 7) is 10.2. The molecular weight excluding hydrogens is 316 g/mol. The van der Waals surface area contributed by atoms with Crippen LogP contribution in [0, 0.1) is 0 Å². The molecule has 0 radical (unpaired) electrons. The van der Waals surface area contributed by atoms with Gasteiger partial charge in [-0.2, -0.15) is 0 Å². The summed E-state index contributed by atoms with van der Waals surface area (Å²) >= 11 is 0. The highest BCUT2D eigenvalue weighted by molar-refractivity contribution is 5.77. The normalized spacial score (nSPS) is 19.2. The van der Waals surface area contributed by atoms with Crippen molar-refractivity contribution in [2.24, 2.45) is 0 Å². The maximum atomic E-state index is 12.4. The number of nitrogens with two attached hydrogens (primary N) is 1. The predicted molar refractivity (Wildman–Crippen MR) is 101 cm³/mol. The van der Waals surface area contributed by atoms with Crippen LogP contribution in [-0.2, 0) is 16.0 Å². The molecule has 2 saturated heterocycles. The summed E-state index contributed by atoms with van der Waals surface area (Å²) in [5, 5.41) is 0. The van der Waals surface area contributed by atoms with E-state index >= 15 is 0 Å². The average Bonchev–Trinajstić information content (AvgIpc) is 2.67. The third-order valence-electron chi connectivity index (χ3n) is 5.24. The lowest BCUT2D eigenvalue weighted by Crippen LogP contribution is -2.48. The van der Waals surface area contributed by atoms with Gasteiger partial charge < -0.3 is 25.2 Å². The summed E-state index contributed by atoms with van der Waals surface area (Å²) in [5.41, 5.74) is 9.26. The van der Waals surface area contributed by atoms with Crippen molar-refractivity contribution in [2.45, 2.75) is 19.8 Å². The van der Waals surface area contributed by atoms with Gasteiger partial charge in [-0.25, -0.2) is 0 Å². The standard InChI is InChI=1S/C19H30N4O2/c1-2-21-7-9-23(10-8-21)19(24)6-4-16-3-5-18(17(20)15-16)22-11-13-25-14-12-22/h3,5,15H,2,4,6-14,20H2,1H3. The first-order valence-electron chi connectivity index (χ1n) is 9.38. The molecule has 1 aromatic rings. The van der Waals surface area contributed by atoms with Gasteiger partial charge in [-0.15, -0.1) is 0 Å². The Balaban J connectivity index is 1.51. The fraction of sp³-hybridized carbons (Fsp3) is 0.632. The minimum atomic E-state index is 0.256. The van der Waals surface area contributed by atoms with Crippen molar-refractivity contribution in [3.63, 3.8) is 0 Å². The van der Waals surface area contributed by atoms with Crippen LogP contribution in [0.1, 0.15) is 18.9 Å². The third-order valence-corrected chi connectivity index (χ3v) is 5.24. The number of nitrogens with zero attached hydrogens (tertiary/aromatic N) is 3. The molecule has 3 rings (SSSR count). The molecule has 2 aliphatic rings. The Hall–Kier alpha value is -1.79. The van der Waals surface area contributed by atoms with Crippen molar-refractivity contribution in [3.05, 3.63) is 23.8 Å². The van der Waals surface area contributed by atoms with Crippen molar-refractivity contribution in [1.82, 2.24) is 9.80 Å². The number of hydrogen-bond acceptors (Lipinski definition) is 5. The molecule has 1 amide bonds. The first-order chi connectivity index (χ1) is 12.2. The van der Waals surface area contributed by atoms with Crippen LogP contribution in [0.15, 0.2) is 18.2 Å². The molecule has 6 nitrogen and oxygen atoms in total. The van der Waals surface area contributed by atoms with Crippen LogP contribution in [-0.4, -0.2) is 74.7 Å². The number of rotatable bonds is 5. The van der Waals surface area contributed by atoms with E-state index in [0.717, 1.165) is 82.4 Å². The fourth-order valence-electron chi connectivity index (χ4n) is 3.57. The maximum Gasteiger partial charge on any atom is 0.222 e. The van der Waals surface area contributed by atoms with E-state index < -0.39 is 0 Å². The Morgan fingerprint density at radius 1 is 1.12 bits per heavy atom. The number of benzene rings is 1. The lowest BCUT2D eigenvalue weighted by molar-refractivity contribution is -0.132. The van der Waals surface area contributed by atoms with Crippen LogP contribution in [0.2, 0.25) is 0 Å². The quantitative estimate of drug-likeness (QED) is 0.812. The molecule has 25 heavy (non-hydrogen) atoms. The van der Waals surface area contributed by atoms with Gasteiger partial charge in [0.15, 0.2) is 0 Å². The Bertz CT molecular complexity index is 579. The summed E-state index contributed by atoms with van der Waals surface area (Å²) in [6.07, 6.45) is 1.31. The van der Waals surface area contributed by atoms with Gasteiger partial charge in [0.2, 0.25) is 5.91 Å². The lowest BCUT2D eigenvalue weighted by atomic mass is 10.1. The summed E-state index contributed by atoms with van der Waals surface area (Å²) in [6, 6.07) is 6.21. The molecule has 6 heteroatoms. The maximum absolute atomic E-state index is 12.4. The van der Waals surface area contributed by atoms with E-state index in [1.807, 2.05) is 11.0 Å². The Labute approximate surface area is 150 Å². The number of morpholine rings is 1. The van der Waals surface area contributed by atoms with E-state index in [9.17, 15) is 4.79 Å². The van der Waals surface area contributed by atoms with Gasteiger partial charge in [0.1, 0.15) is 0 Å². The molecule has 1 aromatic carbocycles. The van der Waals surface area contributed by atoms with E-state index in [1.165, 1.54) is 0 Å². The topological polar surface area (TPSA) is 62.0 Å². The largest absolute Gasteiger partial charge is 0.397 e. The second kappa shape index (κ2) is 8.54. The van der Waals surface area contributed by atoms with Gasteiger partial charge in [-0.1, -0.05) is 13.0 Å². The van der Waals surface area contributed by atoms with Gasteiger partial charge in [0.25, 0.3) is 0 Å². The van der Waals surface area contributed by atoms with Crippen LogP contribution < -0.4 is 10.6 Å². The van der Waals surface area contributed by atoms with Crippen molar-refractivity contribution in [3.8, 4) is 0 Å². The first-order valence-corrected chi connectivity index (χ1v) is 9.38. The number of aryl methyl sites for hydroxylation is 1. The highest BCUT2D eigenvalue weighted by atomic mass is 16.5. The predicted octanol–water partition coefficient (Wildman–Crippen LogP) is 1.20. The molecule has 2 fully saturated rings. The molecule has 0 bridgehead atoms. The summed E-state index contributed by atoms with van der Waals surface area (Å²) in [7, 11) is 0. The highest BCUT2D eigenvalue weighted by Crippen LogP contribution is 2.25. The second-order valence-corrected chi connectivity index (χ2v) is 6.81. The zero-order valence-electron chi connectivity index (χ0n) is 15.2. The SMILES string of the molecule is CCN1CCN(C(=O)CCc2ccc(N3CCOCC3)c(N)c2)CC1. The van der Waals surface area contributed by atoms with Crippen LogP contribution in [0.3, 0.4) is 0 Å². The molecule has 2 aliphatic heterocycles. The number of nitrogen functional groups attached to an aromatic ring is 1. The minimum Gasteiger partial charge on any atom is -0.397 e. The minimum absolute atomic E-state index is 0.256. The van der Waals surface area contributed by atoms with Crippen LogP contribution in [0.25, 0.3) is 0 Å². The van der Waals surface area contributed by atoms with E-state index in [-0.39, 0.29) is 5.91 Å². The molecule has 0 unspecified atom stereocenters. The highest BCUT2D eigenvalue weighted by Gasteiger charge is 2.20. The Morgan fingerprint density at radius 2 is 1.84 bits per heavy atom. The monoisotopic (exact) mass is 346 g/mol. The van der Waals surface area contributed by atoms with E-state index in [4.69, 9.17) is 10.5 Å². The van der Waals surface area contributed by atoms with Gasteiger partial charge in [0.05, 0.1) is 24.6 Å².